The molecule has 1 unspecified atom stereocenters. The molecule has 0 spiro atoms. The van der Waals surface area contributed by atoms with Crippen molar-refractivity contribution in [1.29, 1.82) is 0 Å². The molecule has 35 heavy (non-hydrogen) atoms. The number of aromatic nitrogens is 4. The van der Waals surface area contributed by atoms with E-state index in [0.717, 1.165) is 11.0 Å². The molecule has 0 aliphatic carbocycles. The van der Waals surface area contributed by atoms with Crippen molar-refractivity contribution in [3.05, 3.63) is 30.0 Å². The molecule has 1 atom stereocenters. The first-order chi connectivity index (χ1) is 16.9. The van der Waals surface area contributed by atoms with Crippen LogP contribution in [0.1, 0.15) is 18.5 Å². The summed E-state index contributed by atoms with van der Waals surface area (Å²) >= 11 is 0. The number of hydrogen-bond acceptors (Lipinski definition) is 10. The van der Waals surface area contributed by atoms with Gasteiger partial charge in [-0.3, -0.25) is 0 Å². The van der Waals surface area contributed by atoms with Gasteiger partial charge in [0.05, 0.1) is 30.3 Å². The maximum atomic E-state index is 13.4. The zero-order valence-corrected chi connectivity index (χ0v) is 20.5. The zero-order valence-electron chi connectivity index (χ0n) is 19.7. The van der Waals surface area contributed by atoms with Crippen molar-refractivity contribution in [3.63, 3.8) is 0 Å². The molecule has 3 aromatic rings. The Morgan fingerprint density at radius 3 is 2.63 bits per heavy atom. The lowest BCUT2D eigenvalue weighted by Gasteiger charge is -2.43. The topological polar surface area (TPSA) is 121 Å². The van der Waals surface area contributed by atoms with Gasteiger partial charge in [0.15, 0.2) is 21.4 Å². The van der Waals surface area contributed by atoms with E-state index >= 15 is 0 Å². The predicted molar refractivity (Wildman–Crippen MR) is 130 cm³/mol. The SMILES string of the molecule is CNc1nc2ccccc2n1-c1nc2c(c(C3(S(C)(=O)=O)CCOCC3)n1)OCC1COCCN21. The molecule has 1 N–H and O–H groups in total. The van der Waals surface area contributed by atoms with Crippen LogP contribution in [0.3, 0.4) is 0 Å². The van der Waals surface area contributed by atoms with Crippen LogP contribution in [0.5, 0.6) is 5.75 Å². The maximum absolute atomic E-state index is 13.4. The Morgan fingerprint density at radius 1 is 1.06 bits per heavy atom. The fourth-order valence-corrected chi connectivity index (χ4v) is 6.69. The highest BCUT2D eigenvalue weighted by molar-refractivity contribution is 7.91. The van der Waals surface area contributed by atoms with E-state index in [1.165, 1.54) is 6.26 Å². The molecule has 0 saturated carbocycles. The second-order valence-corrected chi connectivity index (χ2v) is 11.5. The van der Waals surface area contributed by atoms with E-state index in [1.807, 2.05) is 28.8 Å². The van der Waals surface area contributed by atoms with Crippen molar-refractivity contribution in [2.45, 2.75) is 23.6 Å². The van der Waals surface area contributed by atoms with Gasteiger partial charge in [-0.25, -0.2) is 23.0 Å². The van der Waals surface area contributed by atoms with Crippen molar-refractivity contribution in [1.82, 2.24) is 19.5 Å². The Bertz CT molecular complexity index is 1380. The van der Waals surface area contributed by atoms with Crippen LogP contribution in [-0.4, -0.2) is 86.9 Å². The van der Waals surface area contributed by atoms with Gasteiger partial charge in [0, 0.05) is 33.1 Å². The minimum atomic E-state index is -3.58. The van der Waals surface area contributed by atoms with E-state index in [2.05, 4.69) is 15.2 Å². The van der Waals surface area contributed by atoms with Gasteiger partial charge in [0.1, 0.15) is 17.0 Å². The van der Waals surface area contributed by atoms with E-state index in [1.54, 1.807) is 7.05 Å². The molecule has 186 valence electrons. The lowest BCUT2D eigenvalue weighted by Crippen LogP contribution is -2.52. The highest BCUT2D eigenvalue weighted by Gasteiger charge is 2.50. The van der Waals surface area contributed by atoms with Crippen LogP contribution in [0.15, 0.2) is 24.3 Å². The number of fused-ring (bicyclic) bond motifs is 4. The molecule has 11 nitrogen and oxygen atoms in total. The summed E-state index contributed by atoms with van der Waals surface area (Å²) in [6.07, 6.45) is 1.88. The molecular weight excluding hydrogens is 472 g/mol. The van der Waals surface area contributed by atoms with Gasteiger partial charge < -0.3 is 24.4 Å². The average Bonchev–Trinajstić information content (AvgIpc) is 3.26. The Hall–Kier alpha value is -2.96. The van der Waals surface area contributed by atoms with Gasteiger partial charge in [-0.1, -0.05) is 12.1 Å². The minimum absolute atomic E-state index is 0.000903. The molecule has 0 bridgehead atoms. The van der Waals surface area contributed by atoms with E-state index < -0.39 is 14.6 Å². The van der Waals surface area contributed by atoms with Gasteiger partial charge in [-0.15, -0.1) is 0 Å². The third kappa shape index (κ3) is 3.46. The molecular formula is C23H28N6O5S. The number of nitrogens with zero attached hydrogens (tertiary/aromatic N) is 5. The van der Waals surface area contributed by atoms with Crippen LogP contribution < -0.4 is 15.0 Å². The monoisotopic (exact) mass is 500 g/mol. The number of sulfone groups is 1. The summed E-state index contributed by atoms with van der Waals surface area (Å²) in [4.78, 5) is 16.7. The highest BCUT2D eigenvalue weighted by atomic mass is 32.2. The average molecular weight is 501 g/mol. The third-order valence-corrected chi connectivity index (χ3v) is 9.20. The molecule has 1 aromatic carbocycles. The Kier molecular flexibility index (Phi) is 5.35. The number of rotatable bonds is 4. The summed E-state index contributed by atoms with van der Waals surface area (Å²) in [7, 11) is -1.79. The number of ether oxygens (including phenoxy) is 3. The third-order valence-electron chi connectivity index (χ3n) is 7.18. The first kappa shape index (κ1) is 22.5. The molecule has 3 aliphatic rings. The maximum Gasteiger partial charge on any atom is 0.239 e. The molecule has 2 saturated heterocycles. The lowest BCUT2D eigenvalue weighted by molar-refractivity contribution is 0.0639. The van der Waals surface area contributed by atoms with Crippen LogP contribution >= 0.6 is 0 Å². The normalized spacial score (nSPS) is 21.8. The number of nitrogens with one attached hydrogen (secondary N) is 1. The molecule has 0 amide bonds. The van der Waals surface area contributed by atoms with Crippen molar-refractivity contribution in [2.75, 3.05) is 63.1 Å². The smallest absolute Gasteiger partial charge is 0.239 e. The van der Waals surface area contributed by atoms with E-state index in [0.29, 0.717) is 81.6 Å². The zero-order chi connectivity index (χ0) is 24.2. The van der Waals surface area contributed by atoms with Crippen molar-refractivity contribution in [2.24, 2.45) is 0 Å². The number of anilines is 2. The van der Waals surface area contributed by atoms with E-state index in [9.17, 15) is 8.42 Å². The summed E-state index contributed by atoms with van der Waals surface area (Å²) in [5.41, 5.74) is 2.00. The predicted octanol–water partition coefficient (Wildman–Crippen LogP) is 1.51. The first-order valence-corrected chi connectivity index (χ1v) is 13.6. The summed E-state index contributed by atoms with van der Waals surface area (Å²) in [6, 6.07) is 7.71. The van der Waals surface area contributed by atoms with Crippen molar-refractivity contribution < 1.29 is 22.6 Å². The van der Waals surface area contributed by atoms with E-state index in [4.69, 9.17) is 24.2 Å². The largest absolute Gasteiger partial charge is 0.486 e. The number of imidazole rings is 1. The van der Waals surface area contributed by atoms with Crippen molar-refractivity contribution in [3.8, 4) is 11.7 Å². The quantitative estimate of drug-likeness (QED) is 0.564. The highest BCUT2D eigenvalue weighted by Crippen LogP contribution is 2.47. The molecule has 2 aromatic heterocycles. The first-order valence-electron chi connectivity index (χ1n) is 11.8. The number of para-hydroxylation sites is 2. The Morgan fingerprint density at radius 2 is 1.86 bits per heavy atom. The van der Waals surface area contributed by atoms with Crippen molar-refractivity contribution >= 4 is 32.6 Å². The van der Waals surface area contributed by atoms with Crippen LogP contribution in [0.25, 0.3) is 17.0 Å². The second-order valence-electron chi connectivity index (χ2n) is 9.15. The minimum Gasteiger partial charge on any atom is -0.486 e. The molecule has 0 radical (unpaired) electrons. The van der Waals surface area contributed by atoms with Gasteiger partial charge in [0.2, 0.25) is 11.9 Å². The molecule has 2 fully saturated rings. The second kappa shape index (κ2) is 8.32. The van der Waals surface area contributed by atoms with Crippen LogP contribution in [0.2, 0.25) is 0 Å². The molecule has 5 heterocycles. The lowest BCUT2D eigenvalue weighted by atomic mass is 9.93. The van der Waals surface area contributed by atoms with Gasteiger partial charge in [-0.2, -0.15) is 4.98 Å². The standard InChI is InChI=1S/C23H28N6O5S/c1-24-21-25-16-5-3-4-6-17(16)29(21)22-26-19(23(35(2,30)31)7-10-32-11-8-23)18-20(27-22)28-9-12-33-13-15(28)14-34-18/h3-6,15H,7-14H2,1-2H3,(H,24,25). The number of morpholine rings is 1. The number of benzene rings is 1. The van der Waals surface area contributed by atoms with E-state index in [-0.39, 0.29) is 6.04 Å². The molecule has 6 rings (SSSR count). The summed E-state index contributed by atoms with van der Waals surface area (Å²) in [5.74, 6) is 1.95. The molecule has 3 aliphatic heterocycles. The van der Waals surface area contributed by atoms with Gasteiger partial charge in [0.25, 0.3) is 0 Å². The number of hydrogen-bond donors (Lipinski definition) is 1. The van der Waals surface area contributed by atoms with Crippen LogP contribution in [0.4, 0.5) is 11.8 Å². The van der Waals surface area contributed by atoms with Crippen LogP contribution in [-0.2, 0) is 24.1 Å². The molecule has 12 heteroatoms. The Labute approximate surface area is 203 Å². The van der Waals surface area contributed by atoms with Crippen LogP contribution in [0, 0.1) is 0 Å². The van der Waals surface area contributed by atoms with Gasteiger partial charge in [-0.05, 0) is 25.0 Å². The summed E-state index contributed by atoms with van der Waals surface area (Å²) < 4.78 is 44.8. The van der Waals surface area contributed by atoms with Gasteiger partial charge >= 0.3 is 0 Å². The fourth-order valence-electron chi connectivity index (χ4n) is 5.30. The Balaban J connectivity index is 1.66. The summed E-state index contributed by atoms with van der Waals surface area (Å²) in [5, 5.41) is 3.13. The fraction of sp³-hybridized carbons (Fsp3) is 0.522. The summed E-state index contributed by atoms with van der Waals surface area (Å²) in [6.45, 7) is 2.76.